The van der Waals surface area contributed by atoms with Gasteiger partial charge < -0.3 is 4.74 Å². The minimum Gasteiger partial charge on any atom is -0.492 e. The zero-order valence-corrected chi connectivity index (χ0v) is 13.6. The van der Waals surface area contributed by atoms with Gasteiger partial charge in [-0.25, -0.2) is 0 Å². The van der Waals surface area contributed by atoms with Gasteiger partial charge in [0, 0.05) is 10.6 Å². The molecule has 0 amide bonds. The van der Waals surface area contributed by atoms with Gasteiger partial charge in [-0.05, 0) is 18.6 Å². The van der Waals surface area contributed by atoms with E-state index in [1.165, 1.54) is 32.1 Å². The molecular weight excluding hydrogens is 303 g/mol. The monoisotopic (exact) mass is 322 g/mol. The summed E-state index contributed by atoms with van der Waals surface area (Å²) in [6.07, 6.45) is 7.42. The molecule has 1 aromatic rings. The Morgan fingerprint density at radius 2 is 1.68 bits per heavy atom. The minimum absolute atomic E-state index is 0.353. The average molecular weight is 324 g/mol. The molecule has 1 nitrogen and oxygen atoms in total. The lowest BCUT2D eigenvalue weighted by Crippen LogP contribution is -2.00. The minimum atomic E-state index is 0.353. The summed E-state index contributed by atoms with van der Waals surface area (Å²) in [7, 11) is 0. The molecule has 0 radical (unpaired) electrons. The fraction of sp³-hybridized carbons (Fsp3) is 0.600. The van der Waals surface area contributed by atoms with Gasteiger partial charge in [0.25, 0.3) is 0 Å². The summed E-state index contributed by atoms with van der Waals surface area (Å²) in [4.78, 5) is 0. The Balaban J connectivity index is 2.36. The smallest absolute Gasteiger partial charge is 0.142 e. The van der Waals surface area contributed by atoms with Gasteiger partial charge in [-0.2, -0.15) is 0 Å². The Morgan fingerprint density at radius 1 is 1.00 bits per heavy atom. The maximum absolute atomic E-state index is 6.13. The Morgan fingerprint density at radius 3 is 2.37 bits per heavy atom. The highest BCUT2D eigenvalue weighted by Gasteiger charge is 2.09. The van der Waals surface area contributed by atoms with Crippen LogP contribution in [0.1, 0.15) is 51.0 Å². The summed E-state index contributed by atoms with van der Waals surface area (Å²) < 4.78 is 5.75. The van der Waals surface area contributed by atoms with Crippen LogP contribution in [0.4, 0.5) is 0 Å². The number of hydrogen-bond acceptors (Lipinski definition) is 1. The van der Waals surface area contributed by atoms with Crippen molar-refractivity contribution < 1.29 is 4.74 Å². The fourth-order valence-electron chi connectivity index (χ4n) is 1.93. The summed E-state index contributed by atoms with van der Waals surface area (Å²) in [6.45, 7) is 2.90. The first kappa shape index (κ1) is 16.9. The van der Waals surface area contributed by atoms with E-state index in [0.29, 0.717) is 28.3 Å². The molecule has 0 aromatic heterocycles. The van der Waals surface area contributed by atoms with E-state index in [0.717, 1.165) is 12.0 Å². The normalized spacial score (nSPS) is 10.7. The van der Waals surface area contributed by atoms with Crippen LogP contribution in [0.15, 0.2) is 12.1 Å². The van der Waals surface area contributed by atoms with Crippen LogP contribution in [0.2, 0.25) is 10.0 Å². The summed E-state index contributed by atoms with van der Waals surface area (Å²) in [5.74, 6) is 1.03. The van der Waals surface area contributed by atoms with Gasteiger partial charge in [0.05, 0.1) is 17.5 Å². The molecule has 0 heterocycles. The average Bonchev–Trinajstić information content (AvgIpc) is 2.39. The lowest BCUT2D eigenvalue weighted by molar-refractivity contribution is 0.302. The van der Waals surface area contributed by atoms with E-state index in [2.05, 4.69) is 6.92 Å². The van der Waals surface area contributed by atoms with Crippen LogP contribution >= 0.6 is 34.8 Å². The number of ether oxygens (including phenoxy) is 1. The van der Waals surface area contributed by atoms with Gasteiger partial charge in [-0.3, -0.25) is 0 Å². The lowest BCUT2D eigenvalue weighted by atomic mass is 10.1. The van der Waals surface area contributed by atoms with Gasteiger partial charge in [0.2, 0.25) is 0 Å². The molecule has 1 aromatic carbocycles. The molecule has 0 aliphatic heterocycles. The van der Waals surface area contributed by atoms with Crippen molar-refractivity contribution in [3.63, 3.8) is 0 Å². The van der Waals surface area contributed by atoms with Crippen LogP contribution in [-0.2, 0) is 5.88 Å². The first-order chi connectivity index (χ1) is 9.19. The van der Waals surface area contributed by atoms with Crippen LogP contribution in [0.25, 0.3) is 0 Å². The molecule has 19 heavy (non-hydrogen) atoms. The molecule has 0 saturated heterocycles. The number of hydrogen-bond donors (Lipinski definition) is 0. The van der Waals surface area contributed by atoms with E-state index in [1.807, 2.05) is 0 Å². The Kier molecular flexibility index (Phi) is 8.69. The van der Waals surface area contributed by atoms with Crippen molar-refractivity contribution in [2.24, 2.45) is 0 Å². The number of halogens is 3. The lowest BCUT2D eigenvalue weighted by Gasteiger charge is -2.12. The molecule has 0 bridgehead atoms. The van der Waals surface area contributed by atoms with Crippen molar-refractivity contribution in [3.8, 4) is 5.75 Å². The molecule has 0 N–H and O–H groups in total. The van der Waals surface area contributed by atoms with E-state index in [9.17, 15) is 0 Å². The molecule has 108 valence electrons. The number of unbranched alkanes of at least 4 members (excludes halogenated alkanes) is 5. The summed E-state index contributed by atoms with van der Waals surface area (Å²) >= 11 is 17.9. The summed E-state index contributed by atoms with van der Waals surface area (Å²) in [5.41, 5.74) is 0.852. The Labute approximate surface area is 131 Å². The first-order valence-corrected chi connectivity index (χ1v) is 8.14. The maximum Gasteiger partial charge on any atom is 0.142 e. The van der Waals surface area contributed by atoms with Gasteiger partial charge in [0.1, 0.15) is 5.75 Å². The van der Waals surface area contributed by atoms with E-state index < -0.39 is 0 Å². The van der Waals surface area contributed by atoms with Gasteiger partial charge in [-0.1, -0.05) is 62.2 Å². The van der Waals surface area contributed by atoms with E-state index in [1.54, 1.807) is 12.1 Å². The SMILES string of the molecule is CCCCCCCCOc1c(Cl)cc(Cl)cc1CCl. The third-order valence-electron chi connectivity index (χ3n) is 2.97. The standard InChI is InChI=1S/C15H21Cl3O/c1-2-3-4-5-6-7-8-19-15-12(11-16)9-13(17)10-14(15)18/h9-10H,2-8,11H2,1H3. The molecular formula is C15H21Cl3O. The maximum atomic E-state index is 6.13. The number of alkyl halides is 1. The predicted octanol–water partition coefficient (Wildman–Crippen LogP) is 6.47. The zero-order chi connectivity index (χ0) is 14.1. The van der Waals surface area contributed by atoms with Gasteiger partial charge in [-0.15, -0.1) is 11.6 Å². The van der Waals surface area contributed by atoms with E-state index in [4.69, 9.17) is 39.5 Å². The molecule has 0 aliphatic rings. The molecule has 4 heteroatoms. The molecule has 0 atom stereocenters. The second-order valence-corrected chi connectivity index (χ2v) is 5.74. The number of benzene rings is 1. The highest BCUT2D eigenvalue weighted by atomic mass is 35.5. The number of rotatable bonds is 9. The molecule has 0 unspecified atom stereocenters. The topological polar surface area (TPSA) is 9.23 Å². The summed E-state index contributed by atoms with van der Waals surface area (Å²) in [6, 6.07) is 3.49. The quantitative estimate of drug-likeness (QED) is 0.373. The molecule has 0 fully saturated rings. The second kappa shape index (κ2) is 9.74. The highest BCUT2D eigenvalue weighted by Crippen LogP contribution is 2.33. The third-order valence-corrected chi connectivity index (χ3v) is 3.76. The molecule has 0 spiro atoms. The Hall–Kier alpha value is -0.110. The van der Waals surface area contributed by atoms with Crippen LogP contribution in [0.5, 0.6) is 5.75 Å². The van der Waals surface area contributed by atoms with Crippen molar-refractivity contribution in [2.75, 3.05) is 6.61 Å². The molecule has 1 rings (SSSR count). The van der Waals surface area contributed by atoms with E-state index in [-0.39, 0.29) is 0 Å². The predicted molar refractivity (Wildman–Crippen MR) is 84.9 cm³/mol. The zero-order valence-electron chi connectivity index (χ0n) is 11.4. The van der Waals surface area contributed by atoms with Crippen LogP contribution in [0.3, 0.4) is 0 Å². The molecule has 0 saturated carbocycles. The Bertz CT molecular complexity index is 380. The fourth-order valence-corrected chi connectivity index (χ4v) is 2.72. The highest BCUT2D eigenvalue weighted by molar-refractivity contribution is 6.35. The molecule has 0 aliphatic carbocycles. The largest absolute Gasteiger partial charge is 0.492 e. The first-order valence-electron chi connectivity index (χ1n) is 6.85. The second-order valence-electron chi connectivity index (χ2n) is 4.63. The van der Waals surface area contributed by atoms with Crippen molar-refractivity contribution >= 4 is 34.8 Å². The van der Waals surface area contributed by atoms with E-state index >= 15 is 0 Å². The van der Waals surface area contributed by atoms with Crippen molar-refractivity contribution in [3.05, 3.63) is 27.7 Å². The van der Waals surface area contributed by atoms with Crippen LogP contribution < -0.4 is 4.74 Å². The van der Waals surface area contributed by atoms with Crippen LogP contribution in [0, 0.1) is 0 Å². The van der Waals surface area contributed by atoms with Crippen molar-refractivity contribution in [2.45, 2.75) is 51.3 Å². The van der Waals surface area contributed by atoms with Gasteiger partial charge >= 0.3 is 0 Å². The van der Waals surface area contributed by atoms with Crippen molar-refractivity contribution in [1.29, 1.82) is 0 Å². The van der Waals surface area contributed by atoms with Crippen LogP contribution in [-0.4, -0.2) is 6.61 Å². The summed E-state index contributed by atoms with van der Waals surface area (Å²) in [5, 5.41) is 1.13. The van der Waals surface area contributed by atoms with Gasteiger partial charge in [0.15, 0.2) is 0 Å². The third kappa shape index (κ3) is 6.25. The van der Waals surface area contributed by atoms with Crippen molar-refractivity contribution in [1.82, 2.24) is 0 Å².